The third kappa shape index (κ3) is 3.56. The minimum atomic E-state index is -0.318. The molecule has 2 amide bonds. The lowest BCUT2D eigenvalue weighted by Gasteiger charge is -2.04. The van der Waals surface area contributed by atoms with E-state index in [1.165, 1.54) is 0 Å². The van der Waals surface area contributed by atoms with E-state index in [-0.39, 0.29) is 31.3 Å². The monoisotopic (exact) mass is 354 g/mol. The highest BCUT2D eigenvalue weighted by Crippen LogP contribution is 2.38. The van der Waals surface area contributed by atoms with Gasteiger partial charge in [0.15, 0.2) is 11.5 Å². The van der Waals surface area contributed by atoms with E-state index >= 15 is 0 Å². The van der Waals surface area contributed by atoms with E-state index in [4.69, 9.17) is 4.52 Å². The number of fused-ring (bicyclic) bond motifs is 1. The van der Waals surface area contributed by atoms with Crippen LogP contribution in [0.2, 0.25) is 0 Å². The Bertz CT molecular complexity index is 943. The van der Waals surface area contributed by atoms with Crippen LogP contribution in [0.3, 0.4) is 0 Å². The number of hydrogen-bond donors (Lipinski definition) is 3. The molecule has 0 saturated heterocycles. The van der Waals surface area contributed by atoms with Crippen molar-refractivity contribution in [3.63, 3.8) is 0 Å². The summed E-state index contributed by atoms with van der Waals surface area (Å²) in [5, 5.41) is 16.9. The maximum absolute atomic E-state index is 12.2. The number of para-hydroxylation sites is 1. The molecule has 1 aliphatic rings. The Morgan fingerprint density at radius 3 is 2.92 bits per heavy atom. The Labute approximate surface area is 148 Å². The Morgan fingerprint density at radius 2 is 2.08 bits per heavy atom. The second kappa shape index (κ2) is 6.95. The summed E-state index contributed by atoms with van der Waals surface area (Å²) in [6.07, 6.45) is 2.34. The molecule has 0 atom stereocenters. The number of aromatic nitrogens is 4. The molecule has 4 rings (SSSR count). The summed E-state index contributed by atoms with van der Waals surface area (Å²) in [5.74, 6) is 1.00. The Balaban J connectivity index is 1.22. The summed E-state index contributed by atoms with van der Waals surface area (Å²) in [4.78, 5) is 28.3. The molecule has 0 aliphatic heterocycles. The SMILES string of the molecule is O=C(CCNC(=O)c1n[nH]c2ccccc12)NCc1nc(C2CC2)no1. The van der Waals surface area contributed by atoms with Crippen molar-refractivity contribution in [3.8, 4) is 0 Å². The molecule has 2 aromatic heterocycles. The molecule has 3 N–H and O–H groups in total. The number of amides is 2. The Morgan fingerprint density at radius 1 is 1.23 bits per heavy atom. The minimum Gasteiger partial charge on any atom is -0.350 e. The number of carbonyl (C=O) groups is 2. The first kappa shape index (κ1) is 16.2. The van der Waals surface area contributed by atoms with Gasteiger partial charge >= 0.3 is 0 Å². The van der Waals surface area contributed by atoms with Gasteiger partial charge in [-0.2, -0.15) is 10.1 Å². The van der Waals surface area contributed by atoms with Crippen molar-refractivity contribution in [2.75, 3.05) is 6.54 Å². The van der Waals surface area contributed by atoms with Gasteiger partial charge in [-0.25, -0.2) is 0 Å². The van der Waals surface area contributed by atoms with E-state index in [1.54, 1.807) is 0 Å². The standard InChI is InChI=1S/C17H18N6O3/c24-13(19-9-14-20-16(23-26-14)10-5-6-10)7-8-18-17(25)15-11-3-1-2-4-12(11)21-22-15/h1-4,10H,5-9H2,(H,18,25)(H,19,24)(H,21,22). The van der Waals surface area contributed by atoms with E-state index < -0.39 is 0 Å². The van der Waals surface area contributed by atoms with E-state index in [2.05, 4.69) is 31.0 Å². The predicted octanol–water partition coefficient (Wildman–Crippen LogP) is 1.26. The van der Waals surface area contributed by atoms with E-state index in [1.807, 2.05) is 24.3 Å². The van der Waals surface area contributed by atoms with Crippen molar-refractivity contribution in [3.05, 3.63) is 41.7 Å². The van der Waals surface area contributed by atoms with Crippen molar-refractivity contribution in [2.24, 2.45) is 0 Å². The van der Waals surface area contributed by atoms with E-state index in [0.717, 1.165) is 23.7 Å². The quantitative estimate of drug-likeness (QED) is 0.586. The molecule has 0 bridgehead atoms. The number of nitrogens with zero attached hydrogens (tertiary/aromatic N) is 3. The third-order valence-corrected chi connectivity index (χ3v) is 4.19. The lowest BCUT2D eigenvalue weighted by Crippen LogP contribution is -2.30. The first-order chi connectivity index (χ1) is 12.7. The first-order valence-corrected chi connectivity index (χ1v) is 8.51. The smallest absolute Gasteiger partial charge is 0.272 e. The van der Waals surface area contributed by atoms with Crippen LogP contribution in [-0.2, 0) is 11.3 Å². The highest BCUT2D eigenvalue weighted by atomic mass is 16.5. The van der Waals surface area contributed by atoms with Crippen LogP contribution in [0.4, 0.5) is 0 Å². The second-order valence-corrected chi connectivity index (χ2v) is 6.22. The van der Waals surface area contributed by atoms with Crippen LogP contribution < -0.4 is 10.6 Å². The number of nitrogens with one attached hydrogen (secondary N) is 3. The Kier molecular flexibility index (Phi) is 4.34. The van der Waals surface area contributed by atoms with Crippen molar-refractivity contribution < 1.29 is 14.1 Å². The van der Waals surface area contributed by atoms with Crippen molar-refractivity contribution in [1.29, 1.82) is 0 Å². The molecule has 2 heterocycles. The molecule has 1 fully saturated rings. The van der Waals surface area contributed by atoms with Gasteiger partial charge in [-0.05, 0) is 18.9 Å². The fourth-order valence-electron chi connectivity index (χ4n) is 2.62. The van der Waals surface area contributed by atoms with Gasteiger partial charge in [-0.1, -0.05) is 23.4 Å². The summed E-state index contributed by atoms with van der Waals surface area (Å²) in [6, 6.07) is 7.37. The van der Waals surface area contributed by atoms with Gasteiger partial charge in [-0.15, -0.1) is 0 Å². The summed E-state index contributed by atoms with van der Waals surface area (Å²) < 4.78 is 5.09. The second-order valence-electron chi connectivity index (χ2n) is 6.22. The van der Waals surface area contributed by atoms with E-state index in [0.29, 0.717) is 23.3 Å². The van der Waals surface area contributed by atoms with Crippen molar-refractivity contribution in [2.45, 2.75) is 31.7 Å². The van der Waals surface area contributed by atoms with Gasteiger partial charge < -0.3 is 15.2 Å². The number of benzene rings is 1. The minimum absolute atomic E-state index is 0.151. The average Bonchev–Trinajstić information content (AvgIpc) is 3.24. The van der Waals surface area contributed by atoms with Crippen LogP contribution in [-0.4, -0.2) is 38.7 Å². The molecular weight excluding hydrogens is 336 g/mol. The number of hydrogen-bond acceptors (Lipinski definition) is 6. The topological polar surface area (TPSA) is 126 Å². The maximum atomic E-state index is 12.2. The third-order valence-electron chi connectivity index (χ3n) is 4.19. The van der Waals surface area contributed by atoms with Gasteiger partial charge in [0, 0.05) is 24.3 Å². The van der Waals surface area contributed by atoms with Crippen LogP contribution in [0.1, 0.15) is 47.4 Å². The summed E-state index contributed by atoms with van der Waals surface area (Å²) in [7, 11) is 0. The summed E-state index contributed by atoms with van der Waals surface area (Å²) in [5.41, 5.74) is 1.11. The molecule has 1 aliphatic carbocycles. The molecule has 0 radical (unpaired) electrons. The number of carbonyl (C=O) groups excluding carboxylic acids is 2. The molecule has 9 heteroatoms. The maximum Gasteiger partial charge on any atom is 0.272 e. The van der Waals surface area contributed by atoms with Gasteiger partial charge in [0.1, 0.15) is 0 Å². The van der Waals surface area contributed by atoms with Crippen LogP contribution in [0.25, 0.3) is 10.9 Å². The van der Waals surface area contributed by atoms with Gasteiger partial charge in [0.25, 0.3) is 5.91 Å². The highest BCUT2D eigenvalue weighted by Gasteiger charge is 2.28. The zero-order valence-corrected chi connectivity index (χ0v) is 14.0. The molecule has 9 nitrogen and oxygen atoms in total. The molecule has 1 saturated carbocycles. The number of aromatic amines is 1. The lowest BCUT2D eigenvalue weighted by molar-refractivity contribution is -0.121. The first-order valence-electron chi connectivity index (χ1n) is 8.51. The van der Waals surface area contributed by atoms with Crippen LogP contribution in [0.15, 0.2) is 28.8 Å². The predicted molar refractivity (Wildman–Crippen MR) is 91.2 cm³/mol. The fourth-order valence-corrected chi connectivity index (χ4v) is 2.62. The molecule has 26 heavy (non-hydrogen) atoms. The molecule has 0 unspecified atom stereocenters. The molecule has 134 valence electrons. The molecule has 0 spiro atoms. The Hall–Kier alpha value is -3.23. The molecule has 3 aromatic rings. The fraction of sp³-hybridized carbons (Fsp3) is 0.353. The average molecular weight is 354 g/mol. The largest absolute Gasteiger partial charge is 0.350 e. The summed E-state index contributed by atoms with van der Waals surface area (Å²) >= 11 is 0. The van der Waals surface area contributed by atoms with E-state index in [9.17, 15) is 9.59 Å². The summed E-state index contributed by atoms with van der Waals surface area (Å²) in [6.45, 7) is 0.402. The molecule has 1 aromatic carbocycles. The van der Waals surface area contributed by atoms with Crippen LogP contribution in [0.5, 0.6) is 0 Å². The molecular formula is C17H18N6O3. The normalized spacial score (nSPS) is 13.7. The van der Waals surface area contributed by atoms with Gasteiger partial charge in [0.05, 0.1) is 12.1 Å². The lowest BCUT2D eigenvalue weighted by atomic mass is 10.2. The van der Waals surface area contributed by atoms with Crippen LogP contribution in [0, 0.1) is 0 Å². The zero-order valence-electron chi connectivity index (χ0n) is 14.0. The van der Waals surface area contributed by atoms with Crippen molar-refractivity contribution >= 4 is 22.7 Å². The highest BCUT2D eigenvalue weighted by molar-refractivity contribution is 6.04. The van der Waals surface area contributed by atoms with Crippen LogP contribution >= 0.6 is 0 Å². The zero-order chi connectivity index (χ0) is 17.9. The van der Waals surface area contributed by atoms with Gasteiger partial charge in [0.2, 0.25) is 11.8 Å². The number of rotatable bonds is 7. The number of H-pyrrole nitrogens is 1. The van der Waals surface area contributed by atoms with Gasteiger partial charge in [-0.3, -0.25) is 14.7 Å². The van der Waals surface area contributed by atoms with Crippen molar-refractivity contribution in [1.82, 2.24) is 31.0 Å².